The lowest BCUT2D eigenvalue weighted by Gasteiger charge is -2.18. The Hall–Kier alpha value is -2.33. The number of nitrogens with zero attached hydrogens (tertiary/aromatic N) is 3. The second kappa shape index (κ2) is 6.38. The van der Waals surface area contributed by atoms with E-state index in [9.17, 15) is 0 Å². The van der Waals surface area contributed by atoms with E-state index in [-0.39, 0.29) is 0 Å². The van der Waals surface area contributed by atoms with Gasteiger partial charge in [-0.2, -0.15) is 0 Å². The van der Waals surface area contributed by atoms with Gasteiger partial charge in [0.25, 0.3) is 0 Å². The van der Waals surface area contributed by atoms with E-state index in [1.54, 1.807) is 0 Å². The molecule has 3 aromatic rings. The van der Waals surface area contributed by atoms with Gasteiger partial charge < -0.3 is 14.2 Å². The number of benzene rings is 1. The predicted molar refractivity (Wildman–Crippen MR) is 109 cm³/mol. The van der Waals surface area contributed by atoms with Gasteiger partial charge in [0.2, 0.25) is 0 Å². The molecule has 2 aliphatic heterocycles. The third-order valence-electron chi connectivity index (χ3n) is 6.21. The van der Waals surface area contributed by atoms with Crippen LogP contribution in [0.4, 0.5) is 0 Å². The van der Waals surface area contributed by atoms with Crippen LogP contribution in [0.1, 0.15) is 34.0 Å². The van der Waals surface area contributed by atoms with Crippen LogP contribution in [0, 0.1) is 13.8 Å². The molecule has 0 saturated carbocycles. The Kier molecular flexibility index (Phi) is 3.97. The molecule has 2 aromatic heterocycles. The van der Waals surface area contributed by atoms with Crippen LogP contribution in [0.5, 0.6) is 5.75 Å². The van der Waals surface area contributed by atoms with Crippen molar-refractivity contribution in [2.75, 3.05) is 26.7 Å². The van der Waals surface area contributed by atoms with Gasteiger partial charge in [0.1, 0.15) is 5.75 Å². The Balaban J connectivity index is 1.67. The van der Waals surface area contributed by atoms with Crippen LogP contribution in [0.2, 0.25) is 0 Å². The maximum atomic E-state index is 6.37. The first-order valence-electron chi connectivity index (χ1n) is 9.98. The van der Waals surface area contributed by atoms with Gasteiger partial charge >= 0.3 is 0 Å². The van der Waals surface area contributed by atoms with Gasteiger partial charge in [-0.15, -0.1) is 0 Å². The van der Waals surface area contributed by atoms with Crippen LogP contribution < -0.4 is 4.74 Å². The molecule has 0 aliphatic carbocycles. The average Bonchev–Trinajstić information content (AvgIpc) is 2.79. The zero-order valence-electron chi connectivity index (χ0n) is 16.5. The van der Waals surface area contributed by atoms with Gasteiger partial charge in [0.15, 0.2) is 0 Å². The zero-order chi connectivity index (χ0) is 18.5. The van der Waals surface area contributed by atoms with Crippen molar-refractivity contribution in [2.45, 2.75) is 39.2 Å². The van der Waals surface area contributed by atoms with Crippen LogP contribution >= 0.6 is 0 Å². The third kappa shape index (κ3) is 2.83. The SMILES string of the molecule is Cc1cc2c3c(c1)c1c(n3CC(c3ccc(C)nc3)CO2)CCN(C)CC1. The minimum atomic E-state index is 0.325. The summed E-state index contributed by atoms with van der Waals surface area (Å²) in [5.74, 6) is 1.38. The van der Waals surface area contributed by atoms with E-state index >= 15 is 0 Å². The Labute approximate surface area is 160 Å². The van der Waals surface area contributed by atoms with Crippen molar-refractivity contribution >= 4 is 10.9 Å². The summed E-state index contributed by atoms with van der Waals surface area (Å²) in [7, 11) is 2.23. The summed E-state index contributed by atoms with van der Waals surface area (Å²) >= 11 is 0. The summed E-state index contributed by atoms with van der Waals surface area (Å²) in [6.45, 7) is 8.14. The van der Waals surface area contributed by atoms with Crippen molar-refractivity contribution < 1.29 is 4.74 Å². The molecule has 2 aliphatic rings. The quantitative estimate of drug-likeness (QED) is 0.659. The van der Waals surface area contributed by atoms with Gasteiger partial charge in [0.05, 0.1) is 12.1 Å². The van der Waals surface area contributed by atoms with Gasteiger partial charge in [-0.25, -0.2) is 0 Å². The molecular formula is C23H27N3O. The second-order valence-electron chi connectivity index (χ2n) is 8.24. The minimum Gasteiger partial charge on any atom is -0.491 e. The first-order valence-corrected chi connectivity index (χ1v) is 9.98. The molecule has 27 heavy (non-hydrogen) atoms. The number of hydrogen-bond acceptors (Lipinski definition) is 3. The highest BCUT2D eigenvalue weighted by molar-refractivity contribution is 5.91. The number of fused-ring (bicyclic) bond motifs is 3. The van der Waals surface area contributed by atoms with Gasteiger partial charge in [-0.05, 0) is 62.2 Å². The van der Waals surface area contributed by atoms with E-state index in [0.29, 0.717) is 12.5 Å². The molecule has 4 nitrogen and oxygen atoms in total. The van der Waals surface area contributed by atoms with Gasteiger partial charge in [-0.1, -0.05) is 6.07 Å². The van der Waals surface area contributed by atoms with Crippen LogP contribution in [0.15, 0.2) is 30.5 Å². The molecule has 0 spiro atoms. The number of rotatable bonds is 1. The molecule has 0 fully saturated rings. The van der Waals surface area contributed by atoms with E-state index in [1.807, 2.05) is 13.1 Å². The molecule has 1 aromatic carbocycles. The first-order chi connectivity index (χ1) is 13.1. The Morgan fingerprint density at radius 1 is 1.11 bits per heavy atom. The fourth-order valence-electron chi connectivity index (χ4n) is 4.68. The molecular weight excluding hydrogens is 334 g/mol. The maximum Gasteiger partial charge on any atom is 0.143 e. The zero-order valence-corrected chi connectivity index (χ0v) is 16.5. The molecule has 5 rings (SSSR count). The van der Waals surface area contributed by atoms with Crippen LogP contribution in [0.3, 0.4) is 0 Å². The van der Waals surface area contributed by atoms with Crippen molar-refractivity contribution in [2.24, 2.45) is 0 Å². The highest BCUT2D eigenvalue weighted by atomic mass is 16.5. The fraction of sp³-hybridized carbons (Fsp3) is 0.435. The molecule has 0 bridgehead atoms. The van der Waals surface area contributed by atoms with Gasteiger partial charge in [-0.3, -0.25) is 4.98 Å². The molecule has 0 radical (unpaired) electrons. The van der Waals surface area contributed by atoms with Crippen LogP contribution in [0.25, 0.3) is 10.9 Å². The number of aromatic nitrogens is 2. The molecule has 1 unspecified atom stereocenters. The molecule has 0 saturated heterocycles. The van der Waals surface area contributed by atoms with E-state index in [2.05, 4.69) is 52.7 Å². The molecule has 4 heterocycles. The van der Waals surface area contributed by atoms with Crippen molar-refractivity contribution in [1.29, 1.82) is 0 Å². The molecule has 140 valence electrons. The molecule has 0 N–H and O–H groups in total. The monoisotopic (exact) mass is 361 g/mol. The second-order valence-corrected chi connectivity index (χ2v) is 8.24. The van der Waals surface area contributed by atoms with Crippen molar-refractivity contribution in [1.82, 2.24) is 14.5 Å². The average molecular weight is 361 g/mol. The van der Waals surface area contributed by atoms with Crippen molar-refractivity contribution in [3.8, 4) is 5.75 Å². The minimum absolute atomic E-state index is 0.325. The smallest absolute Gasteiger partial charge is 0.143 e. The number of pyridine rings is 1. The van der Waals surface area contributed by atoms with E-state index in [1.165, 1.54) is 33.3 Å². The first kappa shape index (κ1) is 16.8. The summed E-state index contributed by atoms with van der Waals surface area (Å²) in [6.07, 6.45) is 4.25. The summed E-state index contributed by atoms with van der Waals surface area (Å²) in [4.78, 5) is 6.97. The summed E-state index contributed by atoms with van der Waals surface area (Å²) in [6, 6.07) is 8.89. The lowest BCUT2D eigenvalue weighted by molar-refractivity contribution is 0.288. The summed E-state index contributed by atoms with van der Waals surface area (Å²) in [5, 5.41) is 1.40. The Morgan fingerprint density at radius 3 is 2.78 bits per heavy atom. The van der Waals surface area contributed by atoms with E-state index in [0.717, 1.165) is 43.9 Å². The largest absolute Gasteiger partial charge is 0.491 e. The van der Waals surface area contributed by atoms with E-state index < -0.39 is 0 Å². The number of aryl methyl sites for hydroxylation is 2. The number of ether oxygens (including phenoxy) is 1. The van der Waals surface area contributed by atoms with Gasteiger partial charge in [0, 0.05) is 54.9 Å². The standard InChI is InChI=1S/C23H27N3O/c1-15-10-20-19-6-8-25(3)9-7-21(19)26-13-18(14-27-22(11-15)23(20)26)17-5-4-16(2)24-12-17/h4-5,10-12,18H,6-9,13-14H2,1-3H3. The topological polar surface area (TPSA) is 30.3 Å². The predicted octanol–water partition coefficient (Wildman–Crippen LogP) is 3.86. The lowest BCUT2D eigenvalue weighted by Crippen LogP contribution is -2.21. The van der Waals surface area contributed by atoms with Crippen LogP contribution in [-0.2, 0) is 19.4 Å². The lowest BCUT2D eigenvalue weighted by atomic mass is 10.0. The molecule has 1 atom stereocenters. The maximum absolute atomic E-state index is 6.37. The van der Waals surface area contributed by atoms with Crippen molar-refractivity contribution in [3.05, 3.63) is 58.5 Å². The molecule has 0 amide bonds. The fourth-order valence-corrected chi connectivity index (χ4v) is 4.68. The highest BCUT2D eigenvalue weighted by Crippen LogP contribution is 2.39. The van der Waals surface area contributed by atoms with E-state index in [4.69, 9.17) is 4.74 Å². The third-order valence-corrected chi connectivity index (χ3v) is 6.21. The summed E-state index contributed by atoms with van der Waals surface area (Å²) < 4.78 is 8.94. The van der Waals surface area contributed by atoms with Crippen molar-refractivity contribution in [3.63, 3.8) is 0 Å². The van der Waals surface area contributed by atoms with Crippen LogP contribution in [-0.4, -0.2) is 41.2 Å². The Morgan fingerprint density at radius 2 is 1.96 bits per heavy atom. The summed E-state index contributed by atoms with van der Waals surface area (Å²) in [5.41, 5.74) is 7.96. The number of likely N-dealkylation sites (N-methyl/N-ethyl adjacent to an activating group) is 1. The highest BCUT2D eigenvalue weighted by Gasteiger charge is 2.28. The Bertz CT molecular complexity index is 1000. The number of hydrogen-bond donors (Lipinski definition) is 0. The normalized spacial score (nSPS) is 20.0. The molecule has 4 heteroatoms.